The Balaban J connectivity index is -0.000000125. The summed E-state index contributed by atoms with van der Waals surface area (Å²) in [6.45, 7) is 0. The molecule has 0 fully saturated rings. The molecule has 0 unspecified atom stereocenters. The van der Waals surface area contributed by atoms with Gasteiger partial charge in [-0.2, -0.15) is 8.78 Å². The Morgan fingerprint density at radius 2 is 1.50 bits per heavy atom. The quantitative estimate of drug-likeness (QED) is 0.481. The summed E-state index contributed by atoms with van der Waals surface area (Å²) in [4.78, 5) is 8.95. The third kappa shape index (κ3) is 10.3. The van der Waals surface area contributed by atoms with Gasteiger partial charge in [-0.1, -0.05) is 0 Å². The van der Waals surface area contributed by atoms with Crippen LogP contribution in [0.25, 0.3) is 0 Å². The molecule has 0 atom stereocenters. The predicted molar refractivity (Wildman–Crippen MR) is 27.9 cm³/mol. The molecule has 0 aromatic heterocycles. The molecule has 0 amide bonds. The first kappa shape index (κ1) is 16.2. The number of hydrogen-bond acceptors (Lipinski definition) is 1. The monoisotopic (exact) mass is 144 g/mol. The van der Waals surface area contributed by atoms with Crippen LogP contribution in [0.15, 0.2) is 0 Å². The molecule has 0 aliphatic rings. The Labute approximate surface area is 89.2 Å². The molecule has 40 valence electrons. The summed E-state index contributed by atoms with van der Waals surface area (Å²) < 4.78 is 21.1. The molecule has 0 bridgehead atoms. The molecule has 0 heterocycles. The van der Waals surface area contributed by atoms with Gasteiger partial charge in [-0.05, 0) is 0 Å². The maximum absolute atomic E-state index is 10.6. The third-order valence-electron chi connectivity index (χ3n) is 0.187. The van der Waals surface area contributed by atoms with Crippen molar-refractivity contribution in [2.24, 2.45) is 0 Å². The van der Waals surface area contributed by atoms with E-state index in [-0.39, 0.29) is 59.1 Å². The zero-order chi connectivity index (χ0) is 5.15. The van der Waals surface area contributed by atoms with E-state index in [4.69, 9.17) is 9.90 Å². The van der Waals surface area contributed by atoms with E-state index < -0.39 is 12.4 Å². The van der Waals surface area contributed by atoms with Crippen molar-refractivity contribution in [3.8, 4) is 0 Å². The van der Waals surface area contributed by atoms with Gasteiger partial charge in [0.05, 0.1) is 0 Å². The Bertz CT molecular complexity index is 67.1. The van der Waals surface area contributed by atoms with E-state index in [9.17, 15) is 8.78 Å². The first-order valence-electron chi connectivity index (χ1n) is 1.15. The molecule has 8 heavy (non-hydrogen) atoms. The van der Waals surface area contributed by atoms with Crippen LogP contribution in [0.3, 0.4) is 0 Å². The molecule has 6 heteroatoms. The average Bonchev–Trinajstić information content (AvgIpc) is 1.36. The van der Waals surface area contributed by atoms with Crippen LogP contribution in [0.5, 0.6) is 0 Å². The predicted octanol–water partition coefficient (Wildman–Crippen LogP) is -0.961. The van der Waals surface area contributed by atoms with Gasteiger partial charge in [0, 0.05) is 0 Å². The van der Waals surface area contributed by atoms with E-state index >= 15 is 0 Å². The Kier molecular flexibility index (Phi) is 16.8. The van der Waals surface area contributed by atoms with Crippen LogP contribution in [0.4, 0.5) is 8.78 Å². The van der Waals surface area contributed by atoms with Gasteiger partial charge in [-0.15, -0.1) is 0 Å². The molecule has 0 aromatic carbocycles. The minimum absolute atomic E-state index is 0. The van der Waals surface area contributed by atoms with Gasteiger partial charge >= 0.3 is 71.5 Å². The molecule has 0 aromatic rings. The molecule has 0 spiro atoms. The second kappa shape index (κ2) is 8.33. The molecule has 0 rings (SSSR count). The summed E-state index contributed by atoms with van der Waals surface area (Å²) in [5, 5.41) is 7.24. The van der Waals surface area contributed by atoms with E-state index in [1.54, 1.807) is 0 Å². The second-order valence-electron chi connectivity index (χ2n) is 0.639. The van der Waals surface area contributed by atoms with Crippen LogP contribution < -0.4 is 0 Å². The van der Waals surface area contributed by atoms with Crippen molar-refractivity contribution in [3.05, 3.63) is 0 Å². The Morgan fingerprint density at radius 1 is 1.38 bits per heavy atom. The molecular formula is C2H4F2Na2O2. The fourth-order valence-electron chi connectivity index (χ4n) is 0. The number of alkyl halides is 2. The van der Waals surface area contributed by atoms with E-state index in [0.717, 1.165) is 0 Å². The second-order valence-corrected chi connectivity index (χ2v) is 0.639. The van der Waals surface area contributed by atoms with E-state index in [1.807, 2.05) is 0 Å². The molecule has 0 saturated carbocycles. The van der Waals surface area contributed by atoms with Gasteiger partial charge in [-0.3, -0.25) is 0 Å². The van der Waals surface area contributed by atoms with Crippen molar-refractivity contribution < 1.29 is 18.7 Å². The number of hydrogen-bond donors (Lipinski definition) is 1. The summed E-state index contributed by atoms with van der Waals surface area (Å²) >= 11 is 0. The summed E-state index contributed by atoms with van der Waals surface area (Å²) in [6.07, 6.45) is -3.23. The van der Waals surface area contributed by atoms with Crippen molar-refractivity contribution in [2.45, 2.75) is 6.43 Å². The van der Waals surface area contributed by atoms with Crippen LogP contribution in [0, 0.1) is 0 Å². The molecule has 0 radical (unpaired) electrons. The summed E-state index contributed by atoms with van der Waals surface area (Å²) in [6, 6.07) is 0. The fourth-order valence-corrected chi connectivity index (χ4v) is 0. The van der Waals surface area contributed by atoms with Crippen LogP contribution in [0.1, 0.15) is 0 Å². The number of halogens is 2. The number of carbonyl (C=O) groups is 1. The van der Waals surface area contributed by atoms with Crippen LogP contribution in [-0.4, -0.2) is 76.6 Å². The van der Waals surface area contributed by atoms with Gasteiger partial charge in [-0.25, -0.2) is 4.79 Å². The number of aliphatic carboxylic acids is 1. The molecule has 2 nitrogen and oxygen atoms in total. The van der Waals surface area contributed by atoms with E-state index in [1.165, 1.54) is 0 Å². The van der Waals surface area contributed by atoms with Crippen LogP contribution in [0.2, 0.25) is 0 Å². The molecule has 0 aliphatic carbocycles. The minimum atomic E-state index is -3.23. The Morgan fingerprint density at radius 3 is 1.50 bits per heavy atom. The van der Waals surface area contributed by atoms with E-state index in [0.29, 0.717) is 0 Å². The summed E-state index contributed by atoms with van der Waals surface area (Å²) in [7, 11) is 0. The molecule has 0 aliphatic heterocycles. The average molecular weight is 144 g/mol. The van der Waals surface area contributed by atoms with Gasteiger partial charge in [0.1, 0.15) is 0 Å². The van der Waals surface area contributed by atoms with Gasteiger partial charge in [0.15, 0.2) is 0 Å². The van der Waals surface area contributed by atoms with Crippen molar-refractivity contribution in [1.82, 2.24) is 0 Å². The Hall–Kier alpha value is 1.33. The molecular weight excluding hydrogens is 140 g/mol. The van der Waals surface area contributed by atoms with Gasteiger partial charge < -0.3 is 5.11 Å². The molecule has 1 N–H and O–H groups in total. The van der Waals surface area contributed by atoms with Gasteiger partial charge in [0.25, 0.3) is 0 Å². The fraction of sp³-hybridized carbons (Fsp3) is 0.500. The van der Waals surface area contributed by atoms with Crippen molar-refractivity contribution >= 4 is 65.1 Å². The number of carboxylic acids is 1. The van der Waals surface area contributed by atoms with Crippen LogP contribution >= 0.6 is 0 Å². The number of carboxylic acid groups (broad SMARTS) is 1. The normalized spacial score (nSPS) is 6.88. The zero-order valence-electron chi connectivity index (χ0n) is 2.69. The first-order chi connectivity index (χ1) is 2.64. The van der Waals surface area contributed by atoms with Gasteiger partial charge in [0.2, 0.25) is 0 Å². The molecule has 0 saturated heterocycles. The standard InChI is InChI=1S/C2H2F2O2.2Na.2H/c3-1(4)2(5)6;;;;/h1H,(H,5,6);;;;. The van der Waals surface area contributed by atoms with Crippen molar-refractivity contribution in [1.29, 1.82) is 0 Å². The summed E-state index contributed by atoms with van der Waals surface area (Å²) in [5.74, 6) is -2.07. The topological polar surface area (TPSA) is 37.3 Å². The van der Waals surface area contributed by atoms with E-state index in [2.05, 4.69) is 0 Å². The first-order valence-corrected chi connectivity index (χ1v) is 1.15. The summed E-state index contributed by atoms with van der Waals surface area (Å²) in [5.41, 5.74) is 0. The van der Waals surface area contributed by atoms with Crippen molar-refractivity contribution in [3.63, 3.8) is 0 Å². The number of rotatable bonds is 1. The van der Waals surface area contributed by atoms with Crippen LogP contribution in [-0.2, 0) is 4.79 Å². The van der Waals surface area contributed by atoms with Crippen molar-refractivity contribution in [2.75, 3.05) is 0 Å². The zero-order valence-corrected chi connectivity index (χ0v) is 2.69. The third-order valence-corrected chi connectivity index (χ3v) is 0.187. The SMILES string of the molecule is O=C(O)C(F)F.[NaH].[NaH]. The maximum atomic E-state index is 10.6.